The minimum absolute atomic E-state index is 0.0985. The molecule has 0 amide bonds. The van der Waals surface area contributed by atoms with Gasteiger partial charge in [0.1, 0.15) is 0 Å². The van der Waals surface area contributed by atoms with E-state index in [0.717, 1.165) is 37.8 Å². The molecule has 1 N–H and O–H groups in total. The van der Waals surface area contributed by atoms with E-state index in [4.69, 9.17) is 31.5 Å². The van der Waals surface area contributed by atoms with E-state index in [0.29, 0.717) is 19.8 Å². The highest BCUT2D eigenvalue weighted by Gasteiger charge is 2.41. The molecule has 0 spiro atoms. The molecule has 0 radical (unpaired) electrons. The maximum absolute atomic E-state index is 8.97. The van der Waals surface area contributed by atoms with Crippen molar-refractivity contribution in [3.05, 3.63) is 46.3 Å². The van der Waals surface area contributed by atoms with Crippen LogP contribution in [0.2, 0.25) is 0 Å². The van der Waals surface area contributed by atoms with Gasteiger partial charge in [0.2, 0.25) is 0 Å². The Balaban J connectivity index is 1.83. The third kappa shape index (κ3) is 8.13. The fourth-order valence-corrected chi connectivity index (χ4v) is 3.67. The van der Waals surface area contributed by atoms with Gasteiger partial charge in [-0.15, -0.1) is 0 Å². The van der Waals surface area contributed by atoms with E-state index < -0.39 is 6.29 Å². The van der Waals surface area contributed by atoms with Crippen molar-refractivity contribution in [2.45, 2.75) is 64.6 Å². The molecular formula is C21H33ClN4O3. The predicted octanol–water partition coefficient (Wildman–Crippen LogP) is 5.20. The number of unbranched alkanes of at least 4 members (excludes halogenated alkanes) is 3. The number of halogens is 1. The summed E-state index contributed by atoms with van der Waals surface area (Å²) in [7, 11) is 0. The van der Waals surface area contributed by atoms with Gasteiger partial charge in [-0.3, -0.25) is 0 Å². The molecule has 1 fully saturated rings. The molecule has 29 heavy (non-hydrogen) atoms. The molecule has 1 aliphatic rings. The summed E-state index contributed by atoms with van der Waals surface area (Å²) in [5.41, 5.74) is 10.1. The number of ether oxygens (including phenoxy) is 3. The van der Waals surface area contributed by atoms with E-state index in [-0.39, 0.29) is 24.0 Å². The van der Waals surface area contributed by atoms with Crippen molar-refractivity contribution < 1.29 is 14.2 Å². The lowest BCUT2D eigenvalue weighted by atomic mass is 9.82. The average Bonchev–Trinajstić information content (AvgIpc) is 2.74. The lowest BCUT2D eigenvalue weighted by molar-refractivity contribution is -0.240. The molecule has 0 aliphatic carbocycles. The smallest absolute Gasteiger partial charge is 0.166 e. The van der Waals surface area contributed by atoms with Crippen molar-refractivity contribution in [2.75, 3.05) is 19.8 Å². The molecule has 0 aromatic heterocycles. The first-order valence-electron chi connectivity index (χ1n) is 10.4. The van der Waals surface area contributed by atoms with Crippen molar-refractivity contribution in [2.24, 2.45) is 17.0 Å². The van der Waals surface area contributed by atoms with Crippen LogP contribution in [0, 0.1) is 11.8 Å². The summed E-state index contributed by atoms with van der Waals surface area (Å²) in [6, 6.07) is 9.74. The highest BCUT2D eigenvalue weighted by atomic mass is 35.5. The molecule has 2 unspecified atom stereocenters. The van der Waals surface area contributed by atoms with E-state index in [2.05, 4.69) is 28.7 Å². The predicted molar refractivity (Wildman–Crippen MR) is 114 cm³/mol. The van der Waals surface area contributed by atoms with Crippen LogP contribution in [-0.4, -0.2) is 38.2 Å². The zero-order valence-electron chi connectivity index (χ0n) is 17.4. The average molecular weight is 425 g/mol. The van der Waals surface area contributed by atoms with Crippen LogP contribution < -0.4 is 4.84 Å². The van der Waals surface area contributed by atoms with Gasteiger partial charge >= 0.3 is 0 Å². The van der Waals surface area contributed by atoms with Crippen molar-refractivity contribution in [3.63, 3.8) is 0 Å². The van der Waals surface area contributed by atoms with Crippen LogP contribution in [0.15, 0.2) is 35.4 Å². The summed E-state index contributed by atoms with van der Waals surface area (Å²) in [6.07, 6.45) is 3.50. The highest BCUT2D eigenvalue weighted by molar-refractivity contribution is 6.13. The maximum atomic E-state index is 8.97. The zero-order chi connectivity index (χ0) is 20.9. The molecule has 0 bridgehead atoms. The third-order valence-corrected chi connectivity index (χ3v) is 5.76. The van der Waals surface area contributed by atoms with Crippen molar-refractivity contribution in [1.82, 2.24) is 4.84 Å². The molecule has 1 aromatic carbocycles. The van der Waals surface area contributed by atoms with Gasteiger partial charge in [-0.1, -0.05) is 62.1 Å². The largest absolute Gasteiger partial charge is 0.374 e. The summed E-state index contributed by atoms with van der Waals surface area (Å²) < 4.78 is 18.1. The molecule has 1 aliphatic heterocycles. The molecule has 0 saturated carbocycles. The van der Waals surface area contributed by atoms with Gasteiger partial charge in [0.15, 0.2) is 6.29 Å². The SMILES string of the molecule is C[C@@H]1C(COCc2ccccc2)O[C@H](OCCCCCCNCl)C(N=[N+]=[N-])[C@H]1C. The Bertz CT molecular complexity index is 615. The lowest BCUT2D eigenvalue weighted by Gasteiger charge is -2.42. The second-order valence-electron chi connectivity index (χ2n) is 7.63. The first-order valence-corrected chi connectivity index (χ1v) is 10.8. The number of azide groups is 1. The minimum atomic E-state index is -0.535. The van der Waals surface area contributed by atoms with Gasteiger partial charge < -0.3 is 14.2 Å². The molecular weight excluding hydrogens is 392 g/mol. The molecule has 5 atom stereocenters. The van der Waals surface area contributed by atoms with Crippen molar-refractivity contribution >= 4 is 11.8 Å². The lowest BCUT2D eigenvalue weighted by Crippen LogP contribution is -2.50. The molecule has 2 rings (SSSR count). The Hall–Kier alpha value is -1.34. The first kappa shape index (κ1) is 23.9. The van der Waals surface area contributed by atoms with Crippen LogP contribution in [0.4, 0.5) is 0 Å². The minimum Gasteiger partial charge on any atom is -0.374 e. The van der Waals surface area contributed by atoms with Crippen LogP contribution in [0.3, 0.4) is 0 Å². The number of hydrogen-bond donors (Lipinski definition) is 1. The van der Waals surface area contributed by atoms with Gasteiger partial charge in [-0.2, -0.15) is 0 Å². The standard InChI is InChI=1S/C21H33ClN4O3/c1-16-17(2)20(25-26-23)21(28-13-9-4-3-8-12-24-22)29-19(16)15-27-14-18-10-6-5-7-11-18/h5-7,10-11,16-17,19-21,24H,3-4,8-9,12-15H2,1-2H3/t16-,17-,19?,20?,21-/m0/s1. The van der Waals surface area contributed by atoms with Gasteiger partial charge in [-0.05, 0) is 47.5 Å². The maximum Gasteiger partial charge on any atom is 0.166 e. The third-order valence-electron chi connectivity index (χ3n) is 5.57. The quantitative estimate of drug-likeness (QED) is 0.155. The second-order valence-corrected chi connectivity index (χ2v) is 7.89. The molecule has 162 valence electrons. The number of nitrogens with zero attached hydrogens (tertiary/aromatic N) is 3. The number of benzene rings is 1. The second kappa shape index (κ2) is 13.8. The van der Waals surface area contributed by atoms with Crippen molar-refractivity contribution in [3.8, 4) is 0 Å². The van der Waals surface area contributed by atoms with E-state index in [1.807, 2.05) is 30.3 Å². The van der Waals surface area contributed by atoms with Crippen LogP contribution >= 0.6 is 11.8 Å². The molecule has 1 heterocycles. The Morgan fingerprint density at radius 2 is 1.90 bits per heavy atom. The Morgan fingerprint density at radius 3 is 2.62 bits per heavy atom. The first-order chi connectivity index (χ1) is 14.2. The summed E-state index contributed by atoms with van der Waals surface area (Å²) in [5, 5.41) is 3.97. The van der Waals surface area contributed by atoms with Gasteiger partial charge in [-0.25, -0.2) is 4.84 Å². The summed E-state index contributed by atoms with van der Waals surface area (Å²) in [4.78, 5) is 5.65. The van der Waals surface area contributed by atoms with E-state index in [1.165, 1.54) is 0 Å². The van der Waals surface area contributed by atoms with E-state index in [9.17, 15) is 0 Å². The molecule has 1 saturated heterocycles. The Labute approximate surface area is 178 Å². The molecule has 1 aromatic rings. The van der Waals surface area contributed by atoms with Gasteiger partial charge in [0.25, 0.3) is 0 Å². The van der Waals surface area contributed by atoms with Crippen LogP contribution in [0.5, 0.6) is 0 Å². The van der Waals surface area contributed by atoms with E-state index >= 15 is 0 Å². The highest BCUT2D eigenvalue weighted by Crippen LogP contribution is 2.33. The number of hydrogen-bond acceptors (Lipinski definition) is 5. The topological polar surface area (TPSA) is 88.5 Å². The molecule has 7 nitrogen and oxygen atoms in total. The summed E-state index contributed by atoms with van der Waals surface area (Å²) >= 11 is 5.46. The Morgan fingerprint density at radius 1 is 1.14 bits per heavy atom. The normalized spacial score (nSPS) is 26.8. The monoisotopic (exact) mass is 424 g/mol. The number of nitrogens with one attached hydrogen (secondary N) is 1. The fraction of sp³-hybridized carbons (Fsp3) is 0.714. The van der Waals surface area contributed by atoms with Crippen LogP contribution in [0.25, 0.3) is 10.4 Å². The summed E-state index contributed by atoms with van der Waals surface area (Å²) in [5.74, 6) is 0.342. The van der Waals surface area contributed by atoms with Gasteiger partial charge in [0.05, 0.1) is 25.4 Å². The number of rotatable bonds is 13. The van der Waals surface area contributed by atoms with E-state index in [1.54, 1.807) is 0 Å². The van der Waals surface area contributed by atoms with Crippen LogP contribution in [0.1, 0.15) is 45.1 Å². The Kier molecular flexibility index (Phi) is 11.4. The summed E-state index contributed by atoms with van der Waals surface area (Å²) in [6.45, 7) is 6.62. The van der Waals surface area contributed by atoms with Crippen molar-refractivity contribution in [1.29, 1.82) is 0 Å². The zero-order valence-corrected chi connectivity index (χ0v) is 18.1. The van der Waals surface area contributed by atoms with Gasteiger partial charge in [0, 0.05) is 18.1 Å². The fourth-order valence-electron chi connectivity index (χ4n) is 3.54. The molecule has 8 heteroatoms. The van der Waals surface area contributed by atoms with Crippen LogP contribution in [-0.2, 0) is 20.8 Å².